The lowest BCUT2D eigenvalue weighted by atomic mass is 10.2. The minimum atomic E-state index is -0.0465. The normalized spacial score (nSPS) is 26.1. The third kappa shape index (κ3) is 2.23. The molecule has 0 saturated carbocycles. The molecular formula is C8H14ClN3O2. The van der Waals surface area contributed by atoms with Crippen LogP contribution in [0.1, 0.15) is 30.7 Å². The van der Waals surface area contributed by atoms with Crippen LogP contribution in [0.3, 0.4) is 0 Å². The Hall–Kier alpha value is -0.650. The fourth-order valence-electron chi connectivity index (χ4n) is 1.50. The Morgan fingerprint density at radius 3 is 2.79 bits per heavy atom. The van der Waals surface area contributed by atoms with Gasteiger partial charge in [0, 0.05) is 6.54 Å². The van der Waals surface area contributed by atoms with E-state index in [1.165, 1.54) is 0 Å². The summed E-state index contributed by atoms with van der Waals surface area (Å²) in [5.74, 6) is 1.23. The first-order valence-electron chi connectivity index (χ1n) is 4.45. The molecule has 2 N–H and O–H groups in total. The zero-order chi connectivity index (χ0) is 9.26. The van der Waals surface area contributed by atoms with Gasteiger partial charge in [0.05, 0.1) is 6.10 Å². The molecule has 6 heteroatoms. The predicted octanol–water partition coefficient (Wildman–Crippen LogP) is 0.979. The molecule has 2 atom stereocenters. The van der Waals surface area contributed by atoms with Gasteiger partial charge in [0.1, 0.15) is 6.10 Å². The van der Waals surface area contributed by atoms with Crippen molar-refractivity contribution in [2.75, 3.05) is 6.54 Å². The Labute approximate surface area is 88.4 Å². The Morgan fingerprint density at radius 2 is 2.29 bits per heavy atom. The summed E-state index contributed by atoms with van der Waals surface area (Å²) in [6.07, 6.45) is 2.00. The molecule has 0 aliphatic carbocycles. The van der Waals surface area contributed by atoms with Crippen LogP contribution in [-0.2, 0) is 4.74 Å². The minimum Gasteiger partial charge on any atom is -0.364 e. The summed E-state index contributed by atoms with van der Waals surface area (Å²) in [7, 11) is 0. The van der Waals surface area contributed by atoms with E-state index in [9.17, 15) is 0 Å². The van der Waals surface area contributed by atoms with Crippen molar-refractivity contribution < 1.29 is 9.26 Å². The number of rotatable bonds is 2. The van der Waals surface area contributed by atoms with Crippen molar-refractivity contribution in [2.45, 2.75) is 32.0 Å². The molecule has 0 radical (unpaired) electrons. The van der Waals surface area contributed by atoms with E-state index in [0.29, 0.717) is 18.3 Å². The second kappa shape index (κ2) is 4.72. The van der Waals surface area contributed by atoms with Gasteiger partial charge < -0.3 is 15.0 Å². The molecule has 1 aliphatic heterocycles. The zero-order valence-electron chi connectivity index (χ0n) is 7.97. The molecule has 1 aliphatic rings. The molecule has 80 valence electrons. The van der Waals surface area contributed by atoms with Crippen molar-refractivity contribution >= 4 is 12.4 Å². The van der Waals surface area contributed by atoms with Crippen LogP contribution in [0, 0.1) is 6.92 Å². The Balaban J connectivity index is 0.000000980. The van der Waals surface area contributed by atoms with Crippen LogP contribution in [0.4, 0.5) is 0 Å². The van der Waals surface area contributed by atoms with Gasteiger partial charge in [-0.2, -0.15) is 4.98 Å². The van der Waals surface area contributed by atoms with Crippen molar-refractivity contribution in [3.05, 3.63) is 11.7 Å². The number of halogens is 1. The second-order valence-electron chi connectivity index (χ2n) is 3.24. The molecule has 14 heavy (non-hydrogen) atoms. The number of ether oxygens (including phenoxy) is 1. The van der Waals surface area contributed by atoms with E-state index in [2.05, 4.69) is 10.1 Å². The number of nitrogens with zero attached hydrogens (tertiary/aromatic N) is 2. The molecule has 0 unspecified atom stereocenters. The Morgan fingerprint density at radius 1 is 1.50 bits per heavy atom. The van der Waals surface area contributed by atoms with E-state index in [-0.39, 0.29) is 24.6 Å². The highest BCUT2D eigenvalue weighted by Gasteiger charge is 2.29. The molecule has 1 saturated heterocycles. The largest absolute Gasteiger partial charge is 0.364 e. The first-order valence-corrected chi connectivity index (χ1v) is 4.45. The van der Waals surface area contributed by atoms with Crippen LogP contribution in [0.5, 0.6) is 0 Å². The molecule has 5 nitrogen and oxygen atoms in total. The smallest absolute Gasteiger partial charge is 0.255 e. The van der Waals surface area contributed by atoms with Gasteiger partial charge in [-0.15, -0.1) is 12.4 Å². The quantitative estimate of drug-likeness (QED) is 0.803. The molecule has 2 rings (SSSR count). The van der Waals surface area contributed by atoms with Gasteiger partial charge in [-0.1, -0.05) is 5.16 Å². The maximum atomic E-state index is 5.59. The number of nitrogens with two attached hydrogens (primary N) is 1. The average Bonchev–Trinajstić information content (AvgIpc) is 2.71. The van der Waals surface area contributed by atoms with Gasteiger partial charge in [-0.3, -0.25) is 0 Å². The molecule has 2 heterocycles. The predicted molar refractivity (Wildman–Crippen MR) is 52.2 cm³/mol. The van der Waals surface area contributed by atoms with Crippen LogP contribution in [0.25, 0.3) is 0 Å². The van der Waals surface area contributed by atoms with E-state index in [1.807, 2.05) is 0 Å². The summed E-state index contributed by atoms with van der Waals surface area (Å²) < 4.78 is 10.6. The molecule has 1 aromatic rings. The monoisotopic (exact) mass is 219 g/mol. The third-order valence-electron chi connectivity index (χ3n) is 2.19. The van der Waals surface area contributed by atoms with E-state index in [1.54, 1.807) is 6.92 Å². The van der Waals surface area contributed by atoms with E-state index < -0.39 is 0 Å². The summed E-state index contributed by atoms with van der Waals surface area (Å²) in [5, 5.41) is 3.71. The molecule has 0 spiro atoms. The van der Waals surface area contributed by atoms with Gasteiger partial charge in [0.25, 0.3) is 5.89 Å². The third-order valence-corrected chi connectivity index (χ3v) is 2.19. The minimum absolute atomic E-state index is 0. The number of aryl methyl sites for hydroxylation is 1. The Bertz CT molecular complexity index is 292. The SMILES string of the molecule is Cc1noc([C@@H]2CC[C@H](CN)O2)n1.Cl. The first kappa shape index (κ1) is 11.4. The van der Waals surface area contributed by atoms with Gasteiger partial charge in [0.15, 0.2) is 5.82 Å². The fourth-order valence-corrected chi connectivity index (χ4v) is 1.50. The molecular weight excluding hydrogens is 206 g/mol. The maximum absolute atomic E-state index is 5.59. The summed E-state index contributed by atoms with van der Waals surface area (Å²) in [6.45, 7) is 2.35. The van der Waals surface area contributed by atoms with Crippen molar-refractivity contribution in [1.29, 1.82) is 0 Å². The van der Waals surface area contributed by atoms with Gasteiger partial charge >= 0.3 is 0 Å². The van der Waals surface area contributed by atoms with Crippen molar-refractivity contribution in [2.24, 2.45) is 5.73 Å². The summed E-state index contributed by atoms with van der Waals surface area (Å²) in [6, 6.07) is 0. The van der Waals surface area contributed by atoms with Crippen LogP contribution in [-0.4, -0.2) is 22.8 Å². The average molecular weight is 220 g/mol. The fraction of sp³-hybridized carbons (Fsp3) is 0.750. The second-order valence-corrected chi connectivity index (χ2v) is 3.24. The lowest BCUT2D eigenvalue weighted by molar-refractivity contribution is 0.0307. The van der Waals surface area contributed by atoms with Crippen LogP contribution < -0.4 is 5.73 Å². The van der Waals surface area contributed by atoms with Crippen molar-refractivity contribution in [1.82, 2.24) is 10.1 Å². The molecule has 0 amide bonds. The van der Waals surface area contributed by atoms with Crippen LogP contribution in [0.15, 0.2) is 4.52 Å². The van der Waals surface area contributed by atoms with E-state index >= 15 is 0 Å². The Kier molecular flexibility index (Phi) is 3.86. The lowest BCUT2D eigenvalue weighted by Crippen LogP contribution is -2.18. The maximum Gasteiger partial charge on any atom is 0.255 e. The summed E-state index contributed by atoms with van der Waals surface area (Å²) in [5.41, 5.74) is 5.49. The lowest BCUT2D eigenvalue weighted by Gasteiger charge is -2.07. The summed E-state index contributed by atoms with van der Waals surface area (Å²) >= 11 is 0. The number of hydrogen-bond donors (Lipinski definition) is 1. The standard InChI is InChI=1S/C8H13N3O2.ClH/c1-5-10-8(13-11-5)7-3-2-6(4-9)12-7;/h6-7H,2-4,9H2,1H3;1H/t6-,7+;/m1./s1. The van der Waals surface area contributed by atoms with E-state index in [4.69, 9.17) is 15.0 Å². The van der Waals surface area contributed by atoms with Crippen LogP contribution >= 0.6 is 12.4 Å². The highest BCUT2D eigenvalue weighted by molar-refractivity contribution is 5.85. The zero-order valence-corrected chi connectivity index (χ0v) is 8.79. The van der Waals surface area contributed by atoms with Crippen molar-refractivity contribution in [3.63, 3.8) is 0 Å². The van der Waals surface area contributed by atoms with Gasteiger partial charge in [0.2, 0.25) is 0 Å². The number of aromatic nitrogens is 2. The highest BCUT2D eigenvalue weighted by atomic mass is 35.5. The van der Waals surface area contributed by atoms with E-state index in [0.717, 1.165) is 12.8 Å². The number of hydrogen-bond acceptors (Lipinski definition) is 5. The van der Waals surface area contributed by atoms with Gasteiger partial charge in [-0.05, 0) is 19.8 Å². The topological polar surface area (TPSA) is 74.2 Å². The van der Waals surface area contributed by atoms with Gasteiger partial charge in [-0.25, -0.2) is 0 Å². The molecule has 1 fully saturated rings. The molecule has 0 aromatic carbocycles. The first-order chi connectivity index (χ1) is 6.29. The highest BCUT2D eigenvalue weighted by Crippen LogP contribution is 2.30. The molecule has 0 bridgehead atoms. The van der Waals surface area contributed by atoms with Crippen molar-refractivity contribution in [3.8, 4) is 0 Å². The summed E-state index contributed by atoms with van der Waals surface area (Å²) in [4.78, 5) is 4.12. The van der Waals surface area contributed by atoms with Crippen LogP contribution in [0.2, 0.25) is 0 Å². The molecule has 1 aromatic heterocycles.